The Balaban J connectivity index is 1.16. The highest BCUT2D eigenvalue weighted by Gasteiger charge is 2.09. The molecule has 0 aliphatic heterocycles. The predicted molar refractivity (Wildman–Crippen MR) is 155 cm³/mol. The van der Waals surface area contributed by atoms with Crippen LogP contribution in [0.25, 0.3) is 63.8 Å². The lowest BCUT2D eigenvalue weighted by Gasteiger charge is -2.07. The minimum absolute atomic E-state index is 1.06. The van der Waals surface area contributed by atoms with Gasteiger partial charge in [0, 0.05) is 11.1 Å². The van der Waals surface area contributed by atoms with Crippen LogP contribution in [0.4, 0.5) is 0 Å². The van der Waals surface area contributed by atoms with Gasteiger partial charge in [-0.25, -0.2) is 9.97 Å². The molecule has 36 heavy (non-hydrogen) atoms. The minimum atomic E-state index is 1.06. The zero-order valence-electron chi connectivity index (χ0n) is 19.3. The van der Waals surface area contributed by atoms with E-state index >= 15 is 0 Å². The quantitative estimate of drug-likeness (QED) is 0.242. The Hall–Kier alpha value is -4.12. The van der Waals surface area contributed by atoms with Crippen LogP contribution in [0.15, 0.2) is 121 Å². The van der Waals surface area contributed by atoms with Crippen molar-refractivity contribution in [2.24, 2.45) is 0 Å². The van der Waals surface area contributed by atoms with Crippen LogP contribution in [0, 0.1) is 0 Å². The largest absolute Gasteiger partial charge is 0.236 e. The summed E-state index contributed by atoms with van der Waals surface area (Å²) >= 11 is 3.47. The average Bonchev–Trinajstić information content (AvgIpc) is 3.58. The summed E-state index contributed by atoms with van der Waals surface area (Å²) in [6, 6.07) is 42.8. The van der Waals surface area contributed by atoms with E-state index in [1.54, 1.807) is 22.7 Å². The number of para-hydroxylation sites is 2. The van der Waals surface area contributed by atoms with Crippen LogP contribution in [0.3, 0.4) is 0 Å². The Morgan fingerprint density at radius 2 is 0.778 bits per heavy atom. The van der Waals surface area contributed by atoms with E-state index in [4.69, 9.17) is 9.97 Å². The summed E-state index contributed by atoms with van der Waals surface area (Å²) in [7, 11) is 0. The monoisotopic (exact) mass is 496 g/mol. The van der Waals surface area contributed by atoms with Gasteiger partial charge < -0.3 is 0 Å². The molecule has 7 rings (SSSR count). The van der Waals surface area contributed by atoms with E-state index < -0.39 is 0 Å². The first-order valence-electron chi connectivity index (χ1n) is 11.8. The summed E-state index contributed by atoms with van der Waals surface area (Å²) < 4.78 is 2.44. The second-order valence-corrected chi connectivity index (χ2v) is 10.8. The van der Waals surface area contributed by atoms with Gasteiger partial charge in [-0.1, -0.05) is 91.0 Å². The molecule has 0 saturated heterocycles. The van der Waals surface area contributed by atoms with Crippen molar-refractivity contribution in [2.75, 3.05) is 0 Å². The fourth-order valence-electron chi connectivity index (χ4n) is 4.48. The standard InChI is InChI=1S/C32H20N2S2/c1-3-10-29-27(8-1)33-31(35-29)23-16-12-21(13-17-23)25-6-5-7-26(20-25)22-14-18-24(19-15-22)32-34-28-9-2-4-11-30(28)36-32/h1-20H. The van der Waals surface area contributed by atoms with Crippen molar-refractivity contribution < 1.29 is 0 Å². The Morgan fingerprint density at radius 1 is 0.361 bits per heavy atom. The number of fused-ring (bicyclic) bond motifs is 2. The molecule has 0 atom stereocenters. The molecule has 5 aromatic carbocycles. The number of thiazole rings is 2. The van der Waals surface area contributed by atoms with Crippen LogP contribution >= 0.6 is 22.7 Å². The summed E-state index contributed by atoms with van der Waals surface area (Å²) in [6.07, 6.45) is 0. The van der Waals surface area contributed by atoms with Gasteiger partial charge in [0.2, 0.25) is 0 Å². The molecule has 0 spiro atoms. The van der Waals surface area contributed by atoms with E-state index in [0.717, 1.165) is 32.2 Å². The second-order valence-electron chi connectivity index (χ2n) is 8.71. The van der Waals surface area contributed by atoms with Gasteiger partial charge in [0.1, 0.15) is 10.0 Å². The van der Waals surface area contributed by atoms with Gasteiger partial charge in [-0.05, 0) is 52.6 Å². The van der Waals surface area contributed by atoms with Crippen molar-refractivity contribution in [1.29, 1.82) is 0 Å². The molecule has 170 valence electrons. The molecule has 2 aromatic heterocycles. The molecule has 0 fully saturated rings. The van der Waals surface area contributed by atoms with Gasteiger partial charge in [0.15, 0.2) is 0 Å². The van der Waals surface area contributed by atoms with Crippen LogP contribution in [0.5, 0.6) is 0 Å². The first-order chi connectivity index (χ1) is 17.8. The van der Waals surface area contributed by atoms with Crippen LogP contribution < -0.4 is 0 Å². The molecule has 4 heteroatoms. The molecule has 0 unspecified atom stereocenters. The van der Waals surface area contributed by atoms with Crippen molar-refractivity contribution in [3.63, 3.8) is 0 Å². The summed E-state index contributed by atoms with van der Waals surface area (Å²) in [4.78, 5) is 9.59. The number of nitrogens with zero attached hydrogens (tertiary/aromatic N) is 2. The third-order valence-corrected chi connectivity index (χ3v) is 8.55. The smallest absolute Gasteiger partial charge is 0.124 e. The summed E-state index contributed by atoms with van der Waals surface area (Å²) in [5, 5.41) is 2.12. The fourth-order valence-corrected chi connectivity index (χ4v) is 6.42. The Labute approximate surface area is 217 Å². The van der Waals surface area contributed by atoms with E-state index in [2.05, 4.69) is 109 Å². The van der Waals surface area contributed by atoms with Gasteiger partial charge in [0.05, 0.1) is 20.4 Å². The lowest BCUT2D eigenvalue weighted by Crippen LogP contribution is -1.83. The molecule has 2 heterocycles. The molecule has 7 aromatic rings. The van der Waals surface area contributed by atoms with Crippen LogP contribution in [-0.4, -0.2) is 9.97 Å². The third-order valence-electron chi connectivity index (χ3n) is 6.38. The zero-order valence-corrected chi connectivity index (χ0v) is 20.9. The van der Waals surface area contributed by atoms with E-state index in [9.17, 15) is 0 Å². The maximum absolute atomic E-state index is 4.80. The summed E-state index contributed by atoms with van der Waals surface area (Å²) in [5.74, 6) is 0. The van der Waals surface area contributed by atoms with Crippen LogP contribution in [-0.2, 0) is 0 Å². The third kappa shape index (κ3) is 3.91. The Kier molecular flexibility index (Phi) is 5.20. The first kappa shape index (κ1) is 21.2. The van der Waals surface area contributed by atoms with Gasteiger partial charge in [-0.3, -0.25) is 0 Å². The molecule has 0 aliphatic carbocycles. The molecule has 0 amide bonds. The second kappa shape index (κ2) is 8.83. The molecule has 0 bridgehead atoms. The van der Waals surface area contributed by atoms with Crippen LogP contribution in [0.2, 0.25) is 0 Å². The SMILES string of the molecule is c1cc(-c2ccc(-c3nc4ccccc4s3)cc2)cc(-c2ccc(-c3nc4ccccc4s3)cc2)c1. The molecule has 0 aliphatic rings. The highest BCUT2D eigenvalue weighted by Crippen LogP contribution is 2.34. The Morgan fingerprint density at radius 3 is 1.22 bits per heavy atom. The fraction of sp³-hybridized carbons (Fsp3) is 0. The highest BCUT2D eigenvalue weighted by atomic mass is 32.1. The average molecular weight is 497 g/mol. The Bertz CT molecular complexity index is 1630. The normalized spacial score (nSPS) is 11.3. The van der Waals surface area contributed by atoms with Crippen molar-refractivity contribution >= 4 is 43.1 Å². The highest BCUT2D eigenvalue weighted by molar-refractivity contribution is 7.22. The first-order valence-corrected chi connectivity index (χ1v) is 13.5. The van der Waals surface area contributed by atoms with E-state index in [1.165, 1.54) is 31.7 Å². The zero-order chi connectivity index (χ0) is 23.9. The molecule has 0 saturated carbocycles. The van der Waals surface area contributed by atoms with Crippen LogP contribution in [0.1, 0.15) is 0 Å². The van der Waals surface area contributed by atoms with E-state index in [-0.39, 0.29) is 0 Å². The molecule has 2 nitrogen and oxygen atoms in total. The number of benzene rings is 5. The van der Waals surface area contributed by atoms with E-state index in [0.29, 0.717) is 0 Å². The number of hydrogen-bond acceptors (Lipinski definition) is 4. The van der Waals surface area contributed by atoms with Crippen molar-refractivity contribution in [1.82, 2.24) is 9.97 Å². The minimum Gasteiger partial charge on any atom is -0.236 e. The summed E-state index contributed by atoms with van der Waals surface area (Å²) in [5.41, 5.74) is 9.24. The van der Waals surface area contributed by atoms with Crippen molar-refractivity contribution in [3.8, 4) is 43.4 Å². The predicted octanol–water partition coefficient (Wildman–Crippen LogP) is 9.57. The van der Waals surface area contributed by atoms with Crippen molar-refractivity contribution in [2.45, 2.75) is 0 Å². The molecule has 0 N–H and O–H groups in total. The maximum atomic E-state index is 4.80. The maximum Gasteiger partial charge on any atom is 0.124 e. The molecular weight excluding hydrogens is 477 g/mol. The lowest BCUT2D eigenvalue weighted by atomic mass is 9.98. The lowest BCUT2D eigenvalue weighted by molar-refractivity contribution is 1.47. The topological polar surface area (TPSA) is 25.8 Å². The van der Waals surface area contributed by atoms with Gasteiger partial charge >= 0.3 is 0 Å². The van der Waals surface area contributed by atoms with Gasteiger partial charge in [0.25, 0.3) is 0 Å². The number of rotatable bonds is 4. The number of hydrogen-bond donors (Lipinski definition) is 0. The molecule has 0 radical (unpaired) electrons. The van der Waals surface area contributed by atoms with Crippen molar-refractivity contribution in [3.05, 3.63) is 121 Å². The molecular formula is C32H20N2S2. The van der Waals surface area contributed by atoms with Gasteiger partial charge in [-0.15, -0.1) is 22.7 Å². The van der Waals surface area contributed by atoms with E-state index in [1.807, 2.05) is 12.1 Å². The number of aromatic nitrogens is 2. The summed E-state index contributed by atoms with van der Waals surface area (Å²) in [6.45, 7) is 0. The van der Waals surface area contributed by atoms with Gasteiger partial charge in [-0.2, -0.15) is 0 Å².